The molecule has 0 radical (unpaired) electrons. The Kier molecular flexibility index (Phi) is 8.93. The van der Waals surface area contributed by atoms with Crippen molar-refractivity contribution in [3.63, 3.8) is 0 Å². The molecule has 0 saturated carbocycles. The SMILES string of the molecule is COC(=O)[C@H](Cc1ccc(O)cc1)N(Cc1ccc(C(F)(F)F)cc1)OC(=O)c1cc2cc(-c3ccc(Cl)cc3)ccc2o1. The number of hydrogen-bond donors (Lipinski definition) is 1. The third kappa shape index (κ3) is 7.21. The van der Waals surface area contributed by atoms with E-state index >= 15 is 0 Å². The average molecular weight is 624 g/mol. The molecule has 0 amide bonds. The Balaban J connectivity index is 1.45. The normalized spacial score (nSPS) is 12.3. The molecule has 1 aromatic heterocycles. The Labute approximate surface area is 254 Å². The van der Waals surface area contributed by atoms with Gasteiger partial charge in [0.2, 0.25) is 5.76 Å². The van der Waals surface area contributed by atoms with E-state index in [0.717, 1.165) is 28.3 Å². The highest BCUT2D eigenvalue weighted by Crippen LogP contribution is 2.31. The Morgan fingerprint density at radius 1 is 0.886 bits per heavy atom. The Morgan fingerprint density at radius 2 is 1.52 bits per heavy atom. The van der Waals surface area contributed by atoms with Gasteiger partial charge >= 0.3 is 18.1 Å². The van der Waals surface area contributed by atoms with E-state index in [1.54, 1.807) is 30.3 Å². The Bertz CT molecular complexity index is 1770. The number of rotatable bonds is 9. The standard InChI is InChI=1S/C33H25ClF3NO6/c1-42-31(40)28(16-20-4-13-27(39)14-5-20)38(19-21-2-9-25(10-3-21)33(35,36)37)44-32(41)30-18-24-17-23(8-15-29(24)43-30)22-6-11-26(34)12-7-22/h2-15,17-18,28,39H,16,19H2,1H3/t28-/m0/s1. The number of esters is 1. The first-order chi connectivity index (χ1) is 21.0. The van der Waals surface area contributed by atoms with E-state index in [2.05, 4.69) is 0 Å². The predicted octanol–water partition coefficient (Wildman–Crippen LogP) is 7.84. The molecule has 0 spiro atoms. The summed E-state index contributed by atoms with van der Waals surface area (Å²) in [5, 5.41) is 11.9. The van der Waals surface area contributed by atoms with Gasteiger partial charge in [0.25, 0.3) is 0 Å². The second kappa shape index (κ2) is 12.8. The minimum Gasteiger partial charge on any atom is -0.508 e. The van der Waals surface area contributed by atoms with E-state index in [1.165, 1.54) is 37.4 Å². The van der Waals surface area contributed by atoms with Gasteiger partial charge in [-0.2, -0.15) is 13.2 Å². The van der Waals surface area contributed by atoms with Gasteiger partial charge in [-0.3, -0.25) is 4.79 Å². The second-order valence-electron chi connectivity index (χ2n) is 9.93. The summed E-state index contributed by atoms with van der Waals surface area (Å²) in [5.74, 6) is -1.82. The number of furan rings is 1. The van der Waals surface area contributed by atoms with Crippen molar-refractivity contribution >= 4 is 34.5 Å². The molecule has 11 heteroatoms. The molecule has 0 aliphatic rings. The first kappa shape index (κ1) is 30.7. The van der Waals surface area contributed by atoms with E-state index in [1.807, 2.05) is 24.3 Å². The van der Waals surface area contributed by atoms with Crippen molar-refractivity contribution in [2.75, 3.05) is 7.11 Å². The first-order valence-corrected chi connectivity index (χ1v) is 13.7. The molecule has 5 rings (SSSR count). The van der Waals surface area contributed by atoms with Crippen LogP contribution in [0.25, 0.3) is 22.1 Å². The lowest BCUT2D eigenvalue weighted by molar-refractivity contribution is -0.178. The van der Waals surface area contributed by atoms with Gasteiger partial charge in [-0.15, -0.1) is 5.06 Å². The van der Waals surface area contributed by atoms with Gasteiger partial charge in [0.15, 0.2) is 0 Å². The summed E-state index contributed by atoms with van der Waals surface area (Å²) in [7, 11) is 1.17. The van der Waals surface area contributed by atoms with Crippen LogP contribution in [0.4, 0.5) is 13.2 Å². The minimum absolute atomic E-state index is 0.00848. The van der Waals surface area contributed by atoms with Gasteiger partial charge in [-0.05, 0) is 76.9 Å². The molecule has 1 heterocycles. The summed E-state index contributed by atoms with van der Waals surface area (Å²) in [6, 6.07) is 23.2. The summed E-state index contributed by atoms with van der Waals surface area (Å²) in [6.45, 7) is -0.247. The molecule has 5 aromatic rings. The molecule has 0 unspecified atom stereocenters. The lowest BCUT2D eigenvalue weighted by Crippen LogP contribution is -2.44. The van der Waals surface area contributed by atoms with Crippen molar-refractivity contribution in [3.8, 4) is 16.9 Å². The van der Waals surface area contributed by atoms with Crippen LogP contribution < -0.4 is 0 Å². The van der Waals surface area contributed by atoms with Crippen LogP contribution >= 0.6 is 11.6 Å². The molecular weight excluding hydrogens is 599 g/mol. The lowest BCUT2D eigenvalue weighted by Gasteiger charge is -2.28. The fourth-order valence-electron chi connectivity index (χ4n) is 4.60. The van der Waals surface area contributed by atoms with Crippen LogP contribution in [0.1, 0.15) is 27.2 Å². The number of alkyl halides is 3. The van der Waals surface area contributed by atoms with Gasteiger partial charge in [-0.25, -0.2) is 4.79 Å². The Morgan fingerprint density at radius 3 is 2.16 bits per heavy atom. The maximum atomic E-state index is 13.4. The van der Waals surface area contributed by atoms with Crippen molar-refractivity contribution < 1.29 is 41.9 Å². The van der Waals surface area contributed by atoms with Crippen LogP contribution in [0.2, 0.25) is 5.02 Å². The zero-order chi connectivity index (χ0) is 31.4. The second-order valence-corrected chi connectivity index (χ2v) is 10.4. The highest BCUT2D eigenvalue weighted by Gasteiger charge is 2.33. The van der Waals surface area contributed by atoms with Crippen molar-refractivity contribution in [2.45, 2.75) is 25.2 Å². The number of methoxy groups -OCH3 is 1. The van der Waals surface area contributed by atoms with Crippen molar-refractivity contribution in [3.05, 3.63) is 125 Å². The third-order valence-corrected chi connectivity index (χ3v) is 7.15. The van der Waals surface area contributed by atoms with Gasteiger partial charge in [0.1, 0.15) is 17.4 Å². The maximum absolute atomic E-state index is 13.4. The van der Waals surface area contributed by atoms with Gasteiger partial charge in [0, 0.05) is 16.8 Å². The largest absolute Gasteiger partial charge is 0.508 e. The number of ether oxygens (including phenoxy) is 1. The number of aromatic hydroxyl groups is 1. The molecule has 226 valence electrons. The van der Waals surface area contributed by atoms with Gasteiger partial charge in [-0.1, -0.05) is 54.1 Å². The van der Waals surface area contributed by atoms with E-state index in [9.17, 15) is 27.9 Å². The van der Waals surface area contributed by atoms with Crippen LogP contribution in [0.15, 0.2) is 101 Å². The summed E-state index contributed by atoms with van der Waals surface area (Å²) >= 11 is 6.00. The van der Waals surface area contributed by atoms with Crippen molar-refractivity contribution in [1.29, 1.82) is 0 Å². The van der Waals surface area contributed by atoms with Crippen LogP contribution in [-0.2, 0) is 33.5 Å². The molecule has 1 atom stereocenters. The van der Waals surface area contributed by atoms with Crippen LogP contribution in [-0.4, -0.2) is 35.3 Å². The highest BCUT2D eigenvalue weighted by atomic mass is 35.5. The Hall–Kier alpha value is -4.80. The summed E-state index contributed by atoms with van der Waals surface area (Å²) in [5.41, 5.74) is 2.27. The van der Waals surface area contributed by atoms with E-state index < -0.39 is 29.7 Å². The molecule has 0 aliphatic heterocycles. The predicted molar refractivity (Wildman–Crippen MR) is 157 cm³/mol. The number of halogens is 4. The quantitative estimate of drug-likeness (QED) is 0.132. The van der Waals surface area contributed by atoms with Gasteiger partial charge < -0.3 is 19.1 Å². The average Bonchev–Trinajstić information content (AvgIpc) is 3.44. The number of carbonyl (C=O) groups is 2. The summed E-state index contributed by atoms with van der Waals surface area (Å²) < 4.78 is 50.2. The molecule has 1 N–H and O–H groups in total. The number of carbonyl (C=O) groups excluding carboxylic acids is 2. The van der Waals surface area contributed by atoms with Gasteiger partial charge in [0.05, 0.1) is 19.2 Å². The molecular formula is C33H25ClF3NO6. The van der Waals surface area contributed by atoms with Crippen LogP contribution in [0.5, 0.6) is 5.75 Å². The number of nitrogens with zero attached hydrogens (tertiary/aromatic N) is 1. The summed E-state index contributed by atoms with van der Waals surface area (Å²) in [6.07, 6.45) is -4.54. The zero-order valence-electron chi connectivity index (χ0n) is 23.2. The molecule has 0 saturated heterocycles. The number of hydroxylamine groups is 2. The maximum Gasteiger partial charge on any atom is 0.416 e. The molecule has 0 bridgehead atoms. The third-order valence-electron chi connectivity index (χ3n) is 6.90. The topological polar surface area (TPSA) is 89.2 Å². The van der Waals surface area contributed by atoms with E-state index in [4.69, 9.17) is 25.6 Å². The number of phenols is 1. The first-order valence-electron chi connectivity index (χ1n) is 13.3. The number of fused-ring (bicyclic) bond motifs is 1. The monoisotopic (exact) mass is 623 g/mol. The number of phenolic OH excluding ortho intramolecular Hbond substituents is 1. The van der Waals surface area contributed by atoms with Crippen molar-refractivity contribution in [1.82, 2.24) is 5.06 Å². The molecule has 4 aromatic carbocycles. The van der Waals surface area contributed by atoms with Crippen molar-refractivity contribution in [2.24, 2.45) is 0 Å². The molecule has 0 fully saturated rings. The van der Waals surface area contributed by atoms with E-state index in [0.29, 0.717) is 27.1 Å². The minimum atomic E-state index is -4.53. The smallest absolute Gasteiger partial charge is 0.416 e. The molecule has 44 heavy (non-hydrogen) atoms. The fourth-order valence-corrected chi connectivity index (χ4v) is 4.72. The highest BCUT2D eigenvalue weighted by molar-refractivity contribution is 6.30. The number of hydrogen-bond acceptors (Lipinski definition) is 7. The summed E-state index contributed by atoms with van der Waals surface area (Å²) in [4.78, 5) is 32.1. The number of benzene rings is 4. The van der Waals surface area contributed by atoms with Crippen LogP contribution in [0, 0.1) is 0 Å². The molecule has 7 nitrogen and oxygen atoms in total. The molecule has 0 aliphatic carbocycles. The van der Waals surface area contributed by atoms with E-state index in [-0.39, 0.29) is 24.5 Å². The lowest BCUT2D eigenvalue weighted by atomic mass is 10.0. The zero-order valence-corrected chi connectivity index (χ0v) is 23.9. The van der Waals surface area contributed by atoms with Crippen LogP contribution in [0.3, 0.4) is 0 Å². The fraction of sp³-hybridized carbons (Fsp3) is 0.152.